The summed E-state index contributed by atoms with van der Waals surface area (Å²) in [6, 6.07) is 4.23. The topological polar surface area (TPSA) is 46.2 Å². The molecule has 3 nitrogen and oxygen atoms in total. The van der Waals surface area contributed by atoms with Crippen molar-refractivity contribution in [1.29, 1.82) is 0 Å². The van der Waals surface area contributed by atoms with Crippen molar-refractivity contribution < 1.29 is 14.0 Å². The molecule has 2 rings (SSSR count). The minimum atomic E-state index is -0.964. The third-order valence-corrected chi connectivity index (χ3v) is 2.95. The first-order valence-corrected chi connectivity index (χ1v) is 5.18. The van der Waals surface area contributed by atoms with Gasteiger partial charge in [-0.15, -0.1) is 11.6 Å². The number of benzene rings is 1. The van der Waals surface area contributed by atoms with Gasteiger partial charge in [0.05, 0.1) is 5.92 Å². The standard InChI is InChI=1S/C11H9ClFNO2/c1-5-2-6(4-7(13)3-5)8-9(12)11(16)14-10(8)15/h2-4,8-9H,1H3,(H,14,15,16). The second-order valence-electron chi connectivity index (χ2n) is 3.79. The lowest BCUT2D eigenvalue weighted by Gasteiger charge is -2.10. The minimum Gasteiger partial charge on any atom is -0.295 e. The second kappa shape index (κ2) is 3.87. The number of hydrogen-bond acceptors (Lipinski definition) is 2. The van der Waals surface area contributed by atoms with Gasteiger partial charge in [0.1, 0.15) is 11.2 Å². The zero-order chi connectivity index (χ0) is 11.9. The van der Waals surface area contributed by atoms with Gasteiger partial charge < -0.3 is 0 Å². The first kappa shape index (κ1) is 11.1. The first-order valence-electron chi connectivity index (χ1n) is 4.75. The average Bonchev–Trinajstić information content (AvgIpc) is 2.39. The number of alkyl halides is 1. The van der Waals surface area contributed by atoms with Crippen LogP contribution in [0.3, 0.4) is 0 Å². The van der Waals surface area contributed by atoms with E-state index in [1.54, 1.807) is 13.0 Å². The fourth-order valence-electron chi connectivity index (χ4n) is 1.82. The van der Waals surface area contributed by atoms with Gasteiger partial charge in [0.25, 0.3) is 0 Å². The van der Waals surface area contributed by atoms with Crippen LogP contribution in [0.2, 0.25) is 0 Å². The van der Waals surface area contributed by atoms with Gasteiger partial charge in [0, 0.05) is 0 Å². The smallest absolute Gasteiger partial charge is 0.245 e. The van der Waals surface area contributed by atoms with Crippen LogP contribution in [-0.2, 0) is 9.59 Å². The number of halogens is 2. The molecule has 2 amide bonds. The van der Waals surface area contributed by atoms with Crippen LogP contribution in [0.1, 0.15) is 17.0 Å². The molecule has 2 atom stereocenters. The summed E-state index contributed by atoms with van der Waals surface area (Å²) < 4.78 is 13.2. The summed E-state index contributed by atoms with van der Waals surface area (Å²) in [6.07, 6.45) is 0. The Labute approximate surface area is 96.6 Å². The maximum Gasteiger partial charge on any atom is 0.245 e. The van der Waals surface area contributed by atoms with E-state index in [1.807, 2.05) is 0 Å². The maximum absolute atomic E-state index is 13.2. The normalized spacial score (nSPS) is 24.7. The largest absolute Gasteiger partial charge is 0.295 e. The quantitative estimate of drug-likeness (QED) is 0.598. The van der Waals surface area contributed by atoms with Crippen LogP contribution in [0, 0.1) is 12.7 Å². The third-order valence-electron chi connectivity index (χ3n) is 2.50. The van der Waals surface area contributed by atoms with Crippen molar-refractivity contribution >= 4 is 23.4 Å². The van der Waals surface area contributed by atoms with E-state index in [0.29, 0.717) is 11.1 Å². The van der Waals surface area contributed by atoms with Gasteiger partial charge in [-0.2, -0.15) is 0 Å². The number of hydrogen-bond donors (Lipinski definition) is 1. The molecule has 0 spiro atoms. The molecule has 1 fully saturated rings. The minimum absolute atomic E-state index is 0.431. The molecule has 0 radical (unpaired) electrons. The fourth-order valence-corrected chi connectivity index (χ4v) is 2.13. The summed E-state index contributed by atoms with van der Waals surface area (Å²) in [6.45, 7) is 1.71. The zero-order valence-electron chi connectivity index (χ0n) is 8.46. The summed E-state index contributed by atoms with van der Waals surface area (Å²) in [4.78, 5) is 22.7. The Morgan fingerprint density at radius 3 is 2.44 bits per heavy atom. The molecule has 0 aliphatic carbocycles. The SMILES string of the molecule is Cc1cc(F)cc(C2C(=O)NC(=O)C2Cl)c1. The van der Waals surface area contributed by atoms with Crippen LogP contribution >= 0.6 is 11.6 Å². The molecule has 1 aliphatic rings. The molecular formula is C11H9ClFNO2. The Kier molecular flexibility index (Phi) is 2.68. The highest BCUT2D eigenvalue weighted by Gasteiger charge is 2.41. The van der Waals surface area contributed by atoms with Gasteiger partial charge in [0.2, 0.25) is 11.8 Å². The van der Waals surface area contributed by atoms with Crippen molar-refractivity contribution in [2.75, 3.05) is 0 Å². The van der Waals surface area contributed by atoms with E-state index in [9.17, 15) is 14.0 Å². The Hall–Kier alpha value is -1.42. The second-order valence-corrected chi connectivity index (χ2v) is 4.27. The Balaban J connectivity index is 2.44. The highest BCUT2D eigenvalue weighted by Crippen LogP contribution is 2.29. The number of carbonyl (C=O) groups is 2. The molecule has 1 saturated heterocycles. The lowest BCUT2D eigenvalue weighted by molar-refractivity contribution is -0.125. The molecule has 1 N–H and O–H groups in total. The van der Waals surface area contributed by atoms with E-state index in [4.69, 9.17) is 11.6 Å². The molecule has 2 unspecified atom stereocenters. The number of aryl methyl sites for hydroxylation is 1. The summed E-state index contributed by atoms with van der Waals surface area (Å²) >= 11 is 5.81. The lowest BCUT2D eigenvalue weighted by atomic mass is 9.95. The van der Waals surface area contributed by atoms with E-state index in [-0.39, 0.29) is 0 Å². The van der Waals surface area contributed by atoms with Gasteiger partial charge in [-0.25, -0.2) is 4.39 Å². The van der Waals surface area contributed by atoms with Crippen molar-refractivity contribution in [1.82, 2.24) is 5.32 Å². The summed E-state index contributed by atoms with van der Waals surface area (Å²) in [5, 5.41) is 1.16. The van der Waals surface area contributed by atoms with Crippen molar-refractivity contribution in [3.8, 4) is 0 Å². The predicted molar refractivity (Wildman–Crippen MR) is 56.7 cm³/mol. The van der Waals surface area contributed by atoms with Crippen LogP contribution in [-0.4, -0.2) is 17.2 Å². The van der Waals surface area contributed by atoms with Gasteiger partial charge >= 0.3 is 0 Å². The molecule has 1 aliphatic heterocycles. The molecule has 0 bridgehead atoms. The predicted octanol–water partition coefficient (Wildman–Crippen LogP) is 1.48. The molecule has 16 heavy (non-hydrogen) atoms. The number of amides is 2. The maximum atomic E-state index is 13.2. The number of rotatable bonds is 1. The Bertz CT molecular complexity index is 455. The monoisotopic (exact) mass is 241 g/mol. The Morgan fingerprint density at radius 1 is 1.25 bits per heavy atom. The van der Waals surface area contributed by atoms with Gasteiger partial charge in [-0.1, -0.05) is 6.07 Å². The summed E-state index contributed by atoms with van der Waals surface area (Å²) in [7, 11) is 0. The molecule has 1 aromatic rings. The van der Waals surface area contributed by atoms with Crippen LogP contribution in [0.25, 0.3) is 0 Å². The lowest BCUT2D eigenvalue weighted by Crippen LogP contribution is -2.22. The third kappa shape index (κ3) is 1.80. The zero-order valence-corrected chi connectivity index (χ0v) is 9.22. The molecule has 84 valence electrons. The van der Waals surface area contributed by atoms with Crippen molar-refractivity contribution in [2.24, 2.45) is 0 Å². The highest BCUT2D eigenvalue weighted by atomic mass is 35.5. The van der Waals surface area contributed by atoms with Crippen molar-refractivity contribution in [2.45, 2.75) is 18.2 Å². The number of nitrogens with one attached hydrogen (secondary N) is 1. The van der Waals surface area contributed by atoms with E-state index in [2.05, 4.69) is 5.32 Å². The van der Waals surface area contributed by atoms with E-state index >= 15 is 0 Å². The molecule has 0 aromatic heterocycles. The molecule has 0 saturated carbocycles. The number of carbonyl (C=O) groups excluding carboxylic acids is 2. The van der Waals surface area contributed by atoms with Crippen molar-refractivity contribution in [3.05, 3.63) is 35.1 Å². The fraction of sp³-hybridized carbons (Fsp3) is 0.273. The van der Waals surface area contributed by atoms with E-state index < -0.39 is 28.9 Å². The van der Waals surface area contributed by atoms with Crippen molar-refractivity contribution in [3.63, 3.8) is 0 Å². The highest BCUT2D eigenvalue weighted by molar-refractivity contribution is 6.37. The Morgan fingerprint density at radius 2 is 1.94 bits per heavy atom. The number of imide groups is 1. The molecule has 5 heteroatoms. The van der Waals surface area contributed by atoms with Crippen LogP contribution in [0.5, 0.6) is 0 Å². The van der Waals surface area contributed by atoms with Crippen LogP contribution < -0.4 is 5.32 Å². The van der Waals surface area contributed by atoms with E-state index in [1.165, 1.54) is 12.1 Å². The van der Waals surface area contributed by atoms with Crippen LogP contribution in [0.15, 0.2) is 18.2 Å². The summed E-state index contributed by atoms with van der Waals surface area (Å²) in [5.41, 5.74) is 1.12. The van der Waals surface area contributed by atoms with E-state index in [0.717, 1.165) is 0 Å². The molecule has 1 aromatic carbocycles. The summed E-state index contributed by atoms with van der Waals surface area (Å²) in [5.74, 6) is -2.25. The van der Waals surface area contributed by atoms with Gasteiger partial charge in [-0.3, -0.25) is 14.9 Å². The average molecular weight is 242 g/mol. The molecule has 1 heterocycles. The van der Waals surface area contributed by atoms with Gasteiger partial charge in [-0.05, 0) is 30.2 Å². The van der Waals surface area contributed by atoms with Crippen LogP contribution in [0.4, 0.5) is 4.39 Å². The molecular weight excluding hydrogens is 233 g/mol. The van der Waals surface area contributed by atoms with Gasteiger partial charge in [0.15, 0.2) is 0 Å². The first-order chi connectivity index (χ1) is 7.49.